The lowest BCUT2D eigenvalue weighted by molar-refractivity contribution is -0.122. The Morgan fingerprint density at radius 1 is 1.20 bits per heavy atom. The minimum atomic E-state index is -0.0649. The third kappa shape index (κ3) is 3.74. The van der Waals surface area contributed by atoms with Gasteiger partial charge in [0.25, 0.3) is 0 Å². The van der Waals surface area contributed by atoms with Gasteiger partial charge in [0.15, 0.2) is 0 Å². The second-order valence-corrected chi connectivity index (χ2v) is 4.27. The molecule has 0 aliphatic rings. The molecule has 0 aromatic heterocycles. The molecule has 82 valence electrons. The highest BCUT2D eigenvalue weighted by atomic mass is 16.1. The molecular formula is C13H19NO. The van der Waals surface area contributed by atoms with Crippen molar-refractivity contribution in [2.75, 3.05) is 6.54 Å². The summed E-state index contributed by atoms with van der Waals surface area (Å²) in [6.45, 7) is 6.86. The second-order valence-electron chi connectivity index (χ2n) is 4.27. The van der Waals surface area contributed by atoms with Crippen molar-refractivity contribution >= 4 is 5.91 Å². The van der Waals surface area contributed by atoms with Crippen molar-refractivity contribution in [3.8, 4) is 0 Å². The summed E-state index contributed by atoms with van der Waals surface area (Å²) in [5, 5.41) is 2.94. The molecule has 0 fully saturated rings. The Labute approximate surface area is 91.7 Å². The predicted octanol–water partition coefficient (Wildman–Crippen LogP) is 2.56. The summed E-state index contributed by atoms with van der Waals surface area (Å²) in [4.78, 5) is 11.7. The van der Waals surface area contributed by atoms with Crippen LogP contribution in [0.15, 0.2) is 30.3 Å². The summed E-state index contributed by atoms with van der Waals surface area (Å²) in [6, 6.07) is 9.85. The van der Waals surface area contributed by atoms with Gasteiger partial charge in [-0.3, -0.25) is 4.79 Å². The highest BCUT2D eigenvalue weighted by Crippen LogP contribution is 2.14. The van der Waals surface area contributed by atoms with E-state index in [1.165, 1.54) is 0 Å². The number of hydrogen-bond donors (Lipinski definition) is 1. The van der Waals surface area contributed by atoms with Crippen LogP contribution in [0.1, 0.15) is 32.3 Å². The molecule has 0 saturated carbocycles. The smallest absolute Gasteiger partial charge is 0.227 e. The zero-order valence-corrected chi connectivity index (χ0v) is 9.66. The predicted molar refractivity (Wildman–Crippen MR) is 62.7 cm³/mol. The fourth-order valence-corrected chi connectivity index (χ4v) is 1.35. The van der Waals surface area contributed by atoms with Crippen LogP contribution in [0, 0.1) is 5.92 Å². The Morgan fingerprint density at radius 2 is 1.80 bits per heavy atom. The maximum absolute atomic E-state index is 11.7. The summed E-state index contributed by atoms with van der Waals surface area (Å²) in [7, 11) is 0. The maximum Gasteiger partial charge on any atom is 0.227 e. The molecule has 1 atom stereocenters. The van der Waals surface area contributed by atoms with Crippen LogP contribution in [0.25, 0.3) is 0 Å². The van der Waals surface area contributed by atoms with Crippen LogP contribution < -0.4 is 5.32 Å². The standard InChI is InChI=1S/C13H19NO/c1-10(2)9-14-13(15)11(3)12-7-5-4-6-8-12/h4-8,10-11H,9H2,1-3H3,(H,14,15). The lowest BCUT2D eigenvalue weighted by Crippen LogP contribution is -2.31. The van der Waals surface area contributed by atoms with Crippen molar-refractivity contribution in [3.63, 3.8) is 0 Å². The molecule has 2 heteroatoms. The van der Waals surface area contributed by atoms with Crippen molar-refractivity contribution in [1.82, 2.24) is 5.32 Å². The van der Waals surface area contributed by atoms with Crippen molar-refractivity contribution in [1.29, 1.82) is 0 Å². The SMILES string of the molecule is CC(C)CNC(=O)C(C)c1ccccc1. The third-order valence-corrected chi connectivity index (χ3v) is 2.38. The number of rotatable bonds is 4. The molecule has 1 amide bonds. The zero-order chi connectivity index (χ0) is 11.3. The molecule has 1 N–H and O–H groups in total. The summed E-state index contributed by atoms with van der Waals surface area (Å²) >= 11 is 0. The summed E-state index contributed by atoms with van der Waals surface area (Å²) in [6.07, 6.45) is 0. The molecule has 0 bridgehead atoms. The van der Waals surface area contributed by atoms with Gasteiger partial charge < -0.3 is 5.32 Å². The molecule has 1 unspecified atom stereocenters. The van der Waals surface area contributed by atoms with Gasteiger partial charge in [-0.2, -0.15) is 0 Å². The molecule has 0 aliphatic carbocycles. The van der Waals surface area contributed by atoms with Crippen LogP contribution >= 0.6 is 0 Å². The summed E-state index contributed by atoms with van der Waals surface area (Å²) in [5.41, 5.74) is 1.07. The van der Waals surface area contributed by atoms with Gasteiger partial charge in [0.1, 0.15) is 0 Å². The Morgan fingerprint density at radius 3 is 2.33 bits per heavy atom. The number of amides is 1. The van der Waals surface area contributed by atoms with Gasteiger partial charge in [-0.25, -0.2) is 0 Å². The van der Waals surface area contributed by atoms with E-state index in [4.69, 9.17) is 0 Å². The Balaban J connectivity index is 2.54. The molecule has 1 aromatic rings. The molecule has 2 nitrogen and oxygen atoms in total. The van der Waals surface area contributed by atoms with Crippen LogP contribution in [0.3, 0.4) is 0 Å². The fourth-order valence-electron chi connectivity index (χ4n) is 1.35. The number of carbonyl (C=O) groups is 1. The molecule has 0 spiro atoms. The van der Waals surface area contributed by atoms with E-state index in [-0.39, 0.29) is 11.8 Å². The average molecular weight is 205 g/mol. The van der Waals surface area contributed by atoms with Crippen molar-refractivity contribution in [2.45, 2.75) is 26.7 Å². The minimum Gasteiger partial charge on any atom is -0.355 e. The number of benzene rings is 1. The Bertz CT molecular complexity index is 306. The minimum absolute atomic E-state index is 0.0649. The highest BCUT2D eigenvalue weighted by Gasteiger charge is 2.14. The second kappa shape index (κ2) is 5.54. The van der Waals surface area contributed by atoms with Crippen molar-refractivity contribution in [2.24, 2.45) is 5.92 Å². The number of carbonyl (C=O) groups excluding carboxylic acids is 1. The summed E-state index contributed by atoms with van der Waals surface area (Å²) in [5.74, 6) is 0.539. The van der Waals surface area contributed by atoms with Crippen LogP contribution in [-0.4, -0.2) is 12.5 Å². The Kier molecular flexibility index (Phi) is 4.35. The first kappa shape index (κ1) is 11.8. The first-order valence-corrected chi connectivity index (χ1v) is 5.44. The van der Waals surface area contributed by atoms with Gasteiger partial charge in [-0.1, -0.05) is 44.2 Å². The van der Waals surface area contributed by atoms with Gasteiger partial charge >= 0.3 is 0 Å². The molecule has 15 heavy (non-hydrogen) atoms. The Hall–Kier alpha value is -1.31. The van der Waals surface area contributed by atoms with Gasteiger partial charge in [0, 0.05) is 6.54 Å². The quantitative estimate of drug-likeness (QED) is 0.804. The zero-order valence-electron chi connectivity index (χ0n) is 9.66. The molecule has 0 saturated heterocycles. The van der Waals surface area contributed by atoms with Crippen LogP contribution in [0.2, 0.25) is 0 Å². The van der Waals surface area contributed by atoms with Gasteiger partial charge in [-0.15, -0.1) is 0 Å². The van der Waals surface area contributed by atoms with Crippen molar-refractivity contribution in [3.05, 3.63) is 35.9 Å². The van der Waals surface area contributed by atoms with E-state index in [0.717, 1.165) is 12.1 Å². The van der Waals surface area contributed by atoms with E-state index in [1.807, 2.05) is 37.3 Å². The van der Waals surface area contributed by atoms with E-state index < -0.39 is 0 Å². The average Bonchev–Trinajstić information content (AvgIpc) is 2.26. The lowest BCUT2D eigenvalue weighted by atomic mass is 10.0. The molecule has 0 heterocycles. The van der Waals surface area contributed by atoms with Gasteiger partial charge in [0.05, 0.1) is 5.92 Å². The van der Waals surface area contributed by atoms with Crippen molar-refractivity contribution < 1.29 is 4.79 Å². The third-order valence-electron chi connectivity index (χ3n) is 2.38. The monoisotopic (exact) mass is 205 g/mol. The molecule has 0 aliphatic heterocycles. The molecular weight excluding hydrogens is 186 g/mol. The van der Waals surface area contributed by atoms with E-state index in [1.54, 1.807) is 0 Å². The van der Waals surface area contributed by atoms with E-state index in [0.29, 0.717) is 5.92 Å². The molecule has 1 aromatic carbocycles. The summed E-state index contributed by atoms with van der Waals surface area (Å²) < 4.78 is 0. The highest BCUT2D eigenvalue weighted by molar-refractivity contribution is 5.83. The topological polar surface area (TPSA) is 29.1 Å². The fraction of sp³-hybridized carbons (Fsp3) is 0.462. The molecule has 1 rings (SSSR count). The van der Waals surface area contributed by atoms with E-state index in [9.17, 15) is 4.79 Å². The van der Waals surface area contributed by atoms with Crippen LogP contribution in [0.4, 0.5) is 0 Å². The maximum atomic E-state index is 11.7. The first-order chi connectivity index (χ1) is 7.11. The van der Waals surface area contributed by atoms with Gasteiger partial charge in [-0.05, 0) is 18.4 Å². The largest absolute Gasteiger partial charge is 0.355 e. The molecule has 0 radical (unpaired) electrons. The number of hydrogen-bond acceptors (Lipinski definition) is 1. The first-order valence-electron chi connectivity index (χ1n) is 5.44. The van der Waals surface area contributed by atoms with Gasteiger partial charge in [0.2, 0.25) is 5.91 Å². The van der Waals surface area contributed by atoms with E-state index >= 15 is 0 Å². The normalized spacial score (nSPS) is 12.5. The van der Waals surface area contributed by atoms with Crippen LogP contribution in [-0.2, 0) is 4.79 Å². The number of nitrogens with one attached hydrogen (secondary N) is 1. The lowest BCUT2D eigenvalue weighted by Gasteiger charge is -2.13. The van der Waals surface area contributed by atoms with Crippen LogP contribution in [0.5, 0.6) is 0 Å². The van der Waals surface area contributed by atoms with E-state index in [2.05, 4.69) is 19.2 Å².